The van der Waals surface area contributed by atoms with E-state index in [4.69, 9.17) is 0 Å². The lowest BCUT2D eigenvalue weighted by atomic mass is 10.2. The predicted octanol–water partition coefficient (Wildman–Crippen LogP) is 0.913. The number of aryl methyl sites for hydroxylation is 2. The molecule has 0 bridgehead atoms. The largest absolute Gasteiger partial charge is 0.335 e. The van der Waals surface area contributed by atoms with Crippen LogP contribution in [0.15, 0.2) is 40.6 Å². The quantitative estimate of drug-likeness (QED) is 0.753. The fourth-order valence-corrected chi connectivity index (χ4v) is 6.00. The number of nitrogens with one attached hydrogen (secondary N) is 1. The number of benzene rings is 1. The Kier molecular flexibility index (Phi) is 6.54. The molecule has 1 unspecified atom stereocenters. The monoisotopic (exact) mass is 422 g/mol. The third-order valence-electron chi connectivity index (χ3n) is 5.05. The summed E-state index contributed by atoms with van der Waals surface area (Å²) in [5, 5.41) is 2.04. The van der Waals surface area contributed by atoms with E-state index >= 15 is 0 Å². The summed E-state index contributed by atoms with van der Waals surface area (Å²) in [6.07, 6.45) is 0. The minimum Gasteiger partial charge on any atom is -0.335 e. The standard InChI is InChI=1S/C20H27N3O3S2/c1-16-6-7-19(17(2)13-16)28(25,26)23-10-8-22(9-11-23)20(24)15-21(3)14-18-5-4-12-27-18/h4-7,12-13H,8-11,14-15H2,1-3H3/p+1. The molecule has 1 amide bonds. The Morgan fingerprint density at radius 1 is 1.14 bits per heavy atom. The highest BCUT2D eigenvalue weighted by atomic mass is 32.2. The van der Waals surface area contributed by atoms with Gasteiger partial charge in [-0.05, 0) is 36.9 Å². The van der Waals surface area contributed by atoms with Crippen molar-refractivity contribution in [2.24, 2.45) is 0 Å². The Balaban J connectivity index is 1.56. The molecule has 0 radical (unpaired) electrons. The molecule has 0 aliphatic carbocycles. The molecule has 6 nitrogen and oxygen atoms in total. The number of amides is 1. The van der Waals surface area contributed by atoms with Crippen molar-refractivity contribution < 1.29 is 18.1 Å². The van der Waals surface area contributed by atoms with Crippen LogP contribution in [0.25, 0.3) is 0 Å². The van der Waals surface area contributed by atoms with Crippen molar-refractivity contribution in [1.29, 1.82) is 0 Å². The Morgan fingerprint density at radius 2 is 1.86 bits per heavy atom. The number of carbonyl (C=O) groups excluding carboxylic acids is 1. The van der Waals surface area contributed by atoms with Gasteiger partial charge in [-0.15, -0.1) is 11.3 Å². The van der Waals surface area contributed by atoms with E-state index in [-0.39, 0.29) is 5.91 Å². The second-order valence-electron chi connectivity index (χ2n) is 7.44. The highest BCUT2D eigenvalue weighted by Gasteiger charge is 2.31. The minimum absolute atomic E-state index is 0.0811. The number of thiophene rings is 1. The zero-order valence-corrected chi connectivity index (χ0v) is 18.3. The van der Waals surface area contributed by atoms with Gasteiger partial charge in [-0.25, -0.2) is 8.42 Å². The molecular formula is C20H28N3O3S2+. The van der Waals surface area contributed by atoms with Gasteiger partial charge < -0.3 is 9.80 Å². The van der Waals surface area contributed by atoms with Crippen molar-refractivity contribution >= 4 is 27.3 Å². The third-order valence-corrected chi connectivity index (χ3v) is 7.98. The minimum atomic E-state index is -3.52. The van der Waals surface area contributed by atoms with Crippen molar-refractivity contribution in [2.45, 2.75) is 25.3 Å². The molecule has 0 saturated carbocycles. The van der Waals surface area contributed by atoms with Crippen LogP contribution in [0.5, 0.6) is 0 Å². The van der Waals surface area contributed by atoms with Crippen molar-refractivity contribution in [3.8, 4) is 0 Å². The first-order chi connectivity index (χ1) is 13.3. The Labute approximate surface area is 171 Å². The molecule has 1 atom stereocenters. The summed E-state index contributed by atoms with van der Waals surface area (Å²) in [5.41, 5.74) is 1.80. The van der Waals surface area contributed by atoms with Gasteiger partial charge >= 0.3 is 0 Å². The van der Waals surface area contributed by atoms with Gasteiger partial charge in [0.2, 0.25) is 10.0 Å². The molecule has 1 aromatic heterocycles. The molecule has 0 spiro atoms. The second-order valence-corrected chi connectivity index (χ2v) is 10.4. The van der Waals surface area contributed by atoms with Gasteiger partial charge in [-0.3, -0.25) is 4.79 Å². The molecule has 2 heterocycles. The number of rotatable bonds is 6. The summed E-state index contributed by atoms with van der Waals surface area (Å²) in [7, 11) is -1.51. The van der Waals surface area contributed by atoms with Gasteiger partial charge in [0.05, 0.1) is 16.8 Å². The number of piperazine rings is 1. The van der Waals surface area contributed by atoms with Crippen LogP contribution in [0.4, 0.5) is 0 Å². The fourth-order valence-electron chi connectivity index (χ4n) is 3.55. The predicted molar refractivity (Wildman–Crippen MR) is 111 cm³/mol. The zero-order chi connectivity index (χ0) is 20.3. The molecule has 1 aliphatic rings. The molecule has 3 rings (SSSR count). The van der Waals surface area contributed by atoms with Crippen LogP contribution in [-0.2, 0) is 21.4 Å². The van der Waals surface area contributed by atoms with Crippen molar-refractivity contribution in [1.82, 2.24) is 9.21 Å². The summed E-state index contributed by atoms with van der Waals surface area (Å²) in [4.78, 5) is 17.1. The number of quaternary nitrogens is 1. The third kappa shape index (κ3) is 4.81. The van der Waals surface area contributed by atoms with Gasteiger partial charge in [0.15, 0.2) is 6.54 Å². The zero-order valence-electron chi connectivity index (χ0n) is 16.6. The first-order valence-corrected chi connectivity index (χ1v) is 11.8. The molecule has 28 heavy (non-hydrogen) atoms. The molecule has 1 aliphatic heterocycles. The molecule has 152 valence electrons. The summed E-state index contributed by atoms with van der Waals surface area (Å²) >= 11 is 1.70. The maximum Gasteiger partial charge on any atom is 0.277 e. The Morgan fingerprint density at radius 3 is 2.46 bits per heavy atom. The van der Waals surface area contributed by atoms with E-state index < -0.39 is 10.0 Å². The maximum atomic E-state index is 13.0. The van der Waals surface area contributed by atoms with Crippen molar-refractivity contribution in [3.63, 3.8) is 0 Å². The first kappa shape index (κ1) is 21.0. The van der Waals surface area contributed by atoms with Crippen LogP contribution in [0.2, 0.25) is 0 Å². The number of sulfonamides is 1. The van der Waals surface area contributed by atoms with E-state index in [9.17, 15) is 13.2 Å². The molecule has 1 N–H and O–H groups in total. The fraction of sp³-hybridized carbons (Fsp3) is 0.450. The van der Waals surface area contributed by atoms with Gasteiger partial charge in [-0.1, -0.05) is 23.8 Å². The van der Waals surface area contributed by atoms with Crippen LogP contribution in [0, 0.1) is 13.8 Å². The SMILES string of the molecule is Cc1ccc(S(=O)(=O)N2CCN(C(=O)C[NH+](C)Cc3cccs3)CC2)c(C)c1. The van der Waals surface area contributed by atoms with E-state index in [1.165, 1.54) is 9.18 Å². The van der Waals surface area contributed by atoms with Crippen molar-refractivity contribution in [3.05, 3.63) is 51.7 Å². The molecule has 1 saturated heterocycles. The number of nitrogens with zero attached hydrogens (tertiary/aromatic N) is 2. The van der Waals surface area contributed by atoms with Crippen LogP contribution < -0.4 is 4.90 Å². The van der Waals surface area contributed by atoms with Crippen LogP contribution in [0.3, 0.4) is 0 Å². The number of carbonyl (C=O) groups is 1. The number of likely N-dealkylation sites (N-methyl/N-ethyl adjacent to an activating group) is 1. The van der Waals surface area contributed by atoms with Gasteiger partial charge in [0.25, 0.3) is 5.91 Å². The van der Waals surface area contributed by atoms with Crippen LogP contribution in [0.1, 0.15) is 16.0 Å². The summed E-state index contributed by atoms with van der Waals surface area (Å²) < 4.78 is 27.4. The number of hydrogen-bond acceptors (Lipinski definition) is 4. The lowest BCUT2D eigenvalue weighted by molar-refractivity contribution is -0.885. The van der Waals surface area contributed by atoms with E-state index in [0.29, 0.717) is 37.6 Å². The van der Waals surface area contributed by atoms with E-state index in [2.05, 4.69) is 6.07 Å². The highest BCUT2D eigenvalue weighted by molar-refractivity contribution is 7.89. The average molecular weight is 423 g/mol. The lowest BCUT2D eigenvalue weighted by Gasteiger charge is -2.34. The van der Waals surface area contributed by atoms with Gasteiger partial charge in [-0.2, -0.15) is 4.31 Å². The molecule has 8 heteroatoms. The molecule has 2 aromatic rings. The molecular weight excluding hydrogens is 394 g/mol. The first-order valence-electron chi connectivity index (χ1n) is 9.46. The highest BCUT2D eigenvalue weighted by Crippen LogP contribution is 2.22. The second kappa shape index (κ2) is 8.73. The van der Waals surface area contributed by atoms with Crippen LogP contribution in [-0.4, -0.2) is 63.3 Å². The summed E-state index contributed by atoms with van der Waals surface area (Å²) in [5.74, 6) is 0.0811. The summed E-state index contributed by atoms with van der Waals surface area (Å²) in [6, 6.07) is 9.49. The van der Waals surface area contributed by atoms with E-state index in [1.54, 1.807) is 22.3 Å². The number of hydrogen-bond donors (Lipinski definition) is 1. The summed E-state index contributed by atoms with van der Waals surface area (Å²) in [6.45, 7) is 6.57. The molecule has 1 aromatic carbocycles. The average Bonchev–Trinajstić information content (AvgIpc) is 3.14. The molecule has 1 fully saturated rings. The Hall–Kier alpha value is -1.74. The smallest absolute Gasteiger partial charge is 0.277 e. The van der Waals surface area contributed by atoms with Gasteiger partial charge in [0.1, 0.15) is 6.54 Å². The van der Waals surface area contributed by atoms with E-state index in [1.807, 2.05) is 44.5 Å². The normalized spacial score (nSPS) is 16.9. The Bertz CT molecular complexity index is 918. The van der Waals surface area contributed by atoms with Crippen molar-refractivity contribution in [2.75, 3.05) is 39.8 Å². The lowest BCUT2D eigenvalue weighted by Crippen LogP contribution is -3.08. The van der Waals surface area contributed by atoms with Gasteiger partial charge in [0, 0.05) is 26.2 Å². The van der Waals surface area contributed by atoms with Crippen LogP contribution >= 0.6 is 11.3 Å². The van der Waals surface area contributed by atoms with E-state index in [0.717, 1.165) is 22.6 Å². The maximum absolute atomic E-state index is 13.0. The topological polar surface area (TPSA) is 62.1 Å².